The van der Waals surface area contributed by atoms with Crippen LogP contribution in [0.3, 0.4) is 0 Å². The molecule has 1 heterocycles. The summed E-state index contributed by atoms with van der Waals surface area (Å²) in [5.41, 5.74) is 5.96. The molecule has 0 fully saturated rings. The van der Waals surface area contributed by atoms with Crippen molar-refractivity contribution in [1.29, 1.82) is 0 Å². The number of aromatic hydroxyl groups is 1. The Hall–Kier alpha value is -5.04. The van der Waals surface area contributed by atoms with Gasteiger partial charge in [-0.2, -0.15) is 0 Å². The molecule has 1 aliphatic rings. The first-order valence-corrected chi connectivity index (χ1v) is 10.9. The Morgan fingerprint density at radius 3 is 2.20 bits per heavy atom. The molecule has 0 amide bonds. The summed E-state index contributed by atoms with van der Waals surface area (Å²) in [4.78, 5) is 32.1. The van der Waals surface area contributed by atoms with Crippen molar-refractivity contribution in [2.75, 3.05) is 0 Å². The fourth-order valence-corrected chi connectivity index (χ4v) is 4.51. The van der Waals surface area contributed by atoms with E-state index in [2.05, 4.69) is 4.98 Å². The number of aromatic amines is 1. The van der Waals surface area contributed by atoms with Gasteiger partial charge in [0.1, 0.15) is 11.6 Å². The van der Waals surface area contributed by atoms with Crippen molar-refractivity contribution in [3.8, 4) is 50.8 Å². The molecule has 1 aromatic heterocycles. The zero-order chi connectivity index (χ0) is 24.1. The van der Waals surface area contributed by atoms with Crippen molar-refractivity contribution in [2.24, 2.45) is 0 Å². The summed E-state index contributed by atoms with van der Waals surface area (Å²) in [6, 6.07) is 26.5. The quantitative estimate of drug-likeness (QED) is 0.240. The number of fused-ring (bicyclic) bond motifs is 3. The Labute approximate surface area is 199 Å². The maximum Gasteiger partial charge on any atom is 0.270 e. The second kappa shape index (κ2) is 7.78. The lowest BCUT2D eigenvalue weighted by molar-refractivity contribution is -0.384. The Morgan fingerprint density at radius 1 is 0.743 bits per heavy atom. The molecule has 0 spiro atoms. The van der Waals surface area contributed by atoms with Gasteiger partial charge in [-0.25, -0.2) is 4.98 Å². The first kappa shape index (κ1) is 20.6. The largest absolute Gasteiger partial charge is 0.508 e. The van der Waals surface area contributed by atoms with Crippen molar-refractivity contribution in [1.82, 2.24) is 9.97 Å². The molecule has 7 nitrogen and oxygen atoms in total. The molecule has 35 heavy (non-hydrogen) atoms. The highest BCUT2D eigenvalue weighted by Gasteiger charge is 2.29. The van der Waals surface area contributed by atoms with E-state index in [0.717, 1.165) is 27.9 Å². The van der Waals surface area contributed by atoms with E-state index < -0.39 is 4.92 Å². The van der Waals surface area contributed by atoms with Crippen LogP contribution in [0.2, 0.25) is 0 Å². The van der Waals surface area contributed by atoms with Gasteiger partial charge in [-0.3, -0.25) is 14.9 Å². The van der Waals surface area contributed by atoms with Gasteiger partial charge in [0.25, 0.3) is 5.69 Å². The number of hydrogen-bond acceptors (Lipinski definition) is 5. The summed E-state index contributed by atoms with van der Waals surface area (Å²) in [5, 5.41) is 21.1. The molecule has 0 aliphatic heterocycles. The molecule has 4 aromatic carbocycles. The predicted octanol–water partition coefficient (Wildman–Crippen LogP) is 6.24. The molecule has 0 bridgehead atoms. The molecule has 0 unspecified atom stereocenters. The molecule has 0 saturated carbocycles. The number of carbonyl (C=O) groups excluding carboxylic acids is 1. The van der Waals surface area contributed by atoms with E-state index in [1.165, 1.54) is 12.1 Å². The molecule has 6 rings (SSSR count). The average molecular weight is 459 g/mol. The number of phenols is 1. The number of nitrogens with zero attached hydrogens (tertiary/aromatic N) is 2. The van der Waals surface area contributed by atoms with Crippen LogP contribution < -0.4 is 0 Å². The normalized spacial score (nSPS) is 11.8. The molecule has 1 aliphatic carbocycles. The number of carbonyl (C=O) groups is 1. The highest BCUT2D eigenvalue weighted by Crippen LogP contribution is 2.41. The third kappa shape index (κ3) is 3.38. The first-order chi connectivity index (χ1) is 17.0. The number of phenolic OH excluding ortho intramolecular Hbond substituents is 1. The molecule has 7 heteroatoms. The summed E-state index contributed by atoms with van der Waals surface area (Å²) >= 11 is 0. The molecule has 168 valence electrons. The number of nitrogens with one attached hydrogen (secondary N) is 1. The molecular formula is C28H17N3O4. The van der Waals surface area contributed by atoms with Crippen LogP contribution in [-0.4, -0.2) is 25.8 Å². The number of imidazole rings is 1. The highest BCUT2D eigenvalue weighted by molar-refractivity contribution is 6.22. The Kier molecular flexibility index (Phi) is 4.57. The van der Waals surface area contributed by atoms with E-state index in [1.807, 2.05) is 48.5 Å². The summed E-state index contributed by atoms with van der Waals surface area (Å²) < 4.78 is 0. The Balaban J connectivity index is 1.50. The number of non-ortho nitro benzene ring substituents is 1. The van der Waals surface area contributed by atoms with Crippen LogP contribution in [0, 0.1) is 10.1 Å². The third-order valence-electron chi connectivity index (χ3n) is 6.17. The smallest absolute Gasteiger partial charge is 0.270 e. The van der Waals surface area contributed by atoms with E-state index in [9.17, 15) is 20.0 Å². The van der Waals surface area contributed by atoms with Gasteiger partial charge in [0, 0.05) is 39.9 Å². The minimum atomic E-state index is -0.499. The Bertz CT molecular complexity index is 1650. The van der Waals surface area contributed by atoms with Crippen LogP contribution >= 0.6 is 0 Å². The zero-order valence-corrected chi connectivity index (χ0v) is 18.2. The minimum Gasteiger partial charge on any atom is -0.508 e. The first-order valence-electron chi connectivity index (χ1n) is 10.9. The number of H-pyrrole nitrogens is 1. The molecule has 0 saturated heterocycles. The summed E-state index contributed by atoms with van der Waals surface area (Å²) in [6.45, 7) is 0. The molecule has 5 aromatic rings. The maximum atomic E-state index is 13.2. The standard InChI is InChI=1S/C28H17N3O4/c32-20-8-4-7-18(13-20)28-29-25(16-5-2-1-3-6-16)26(30-28)17-9-11-21-22-12-10-19(31(34)35)15-24(22)27(33)23(21)14-17/h1-15,32H,(H,29,30). The summed E-state index contributed by atoms with van der Waals surface area (Å²) in [6.07, 6.45) is 0. The second-order valence-electron chi connectivity index (χ2n) is 8.30. The molecular weight excluding hydrogens is 442 g/mol. The van der Waals surface area contributed by atoms with Gasteiger partial charge in [-0.05, 0) is 35.4 Å². The van der Waals surface area contributed by atoms with Gasteiger partial charge in [0.2, 0.25) is 0 Å². The van der Waals surface area contributed by atoms with Crippen molar-refractivity contribution in [3.63, 3.8) is 0 Å². The molecule has 0 radical (unpaired) electrons. The number of ketones is 1. The monoisotopic (exact) mass is 459 g/mol. The summed E-state index contributed by atoms with van der Waals surface area (Å²) in [5.74, 6) is 0.475. The van der Waals surface area contributed by atoms with Gasteiger partial charge >= 0.3 is 0 Å². The lowest BCUT2D eigenvalue weighted by Crippen LogP contribution is -1.97. The SMILES string of the molecule is O=C1c2cc(-c3nc(-c4cccc(O)c4)[nH]c3-c3ccccc3)ccc2-c2ccc([N+](=O)[O-])cc21. The number of aromatic nitrogens is 2. The lowest BCUT2D eigenvalue weighted by atomic mass is 9.99. The number of nitro benzene ring substituents is 1. The van der Waals surface area contributed by atoms with Crippen molar-refractivity contribution < 1.29 is 14.8 Å². The van der Waals surface area contributed by atoms with E-state index in [1.54, 1.807) is 30.3 Å². The van der Waals surface area contributed by atoms with Crippen LogP contribution in [0.1, 0.15) is 15.9 Å². The topological polar surface area (TPSA) is 109 Å². The number of nitro groups is 1. The van der Waals surface area contributed by atoms with Crippen LogP contribution in [0.15, 0.2) is 91.0 Å². The third-order valence-corrected chi connectivity index (χ3v) is 6.17. The van der Waals surface area contributed by atoms with Crippen molar-refractivity contribution in [3.05, 3.63) is 112 Å². The van der Waals surface area contributed by atoms with E-state index in [0.29, 0.717) is 28.2 Å². The summed E-state index contributed by atoms with van der Waals surface area (Å²) in [7, 11) is 0. The molecule has 2 N–H and O–H groups in total. The highest BCUT2D eigenvalue weighted by atomic mass is 16.6. The van der Waals surface area contributed by atoms with Crippen LogP contribution in [0.5, 0.6) is 5.75 Å². The van der Waals surface area contributed by atoms with Gasteiger partial charge in [0.15, 0.2) is 5.78 Å². The number of rotatable bonds is 4. The second-order valence-corrected chi connectivity index (χ2v) is 8.30. The van der Waals surface area contributed by atoms with Crippen LogP contribution in [0.4, 0.5) is 5.69 Å². The van der Waals surface area contributed by atoms with Gasteiger partial charge < -0.3 is 10.1 Å². The maximum absolute atomic E-state index is 13.2. The number of hydrogen-bond donors (Lipinski definition) is 2. The fourth-order valence-electron chi connectivity index (χ4n) is 4.51. The van der Waals surface area contributed by atoms with Gasteiger partial charge in [0.05, 0.1) is 16.3 Å². The van der Waals surface area contributed by atoms with Crippen LogP contribution in [0.25, 0.3) is 45.0 Å². The Morgan fingerprint density at radius 2 is 1.46 bits per heavy atom. The van der Waals surface area contributed by atoms with E-state index in [4.69, 9.17) is 4.98 Å². The number of benzene rings is 4. The average Bonchev–Trinajstić information content (AvgIpc) is 3.44. The predicted molar refractivity (Wildman–Crippen MR) is 132 cm³/mol. The lowest BCUT2D eigenvalue weighted by Gasteiger charge is -2.06. The van der Waals surface area contributed by atoms with Gasteiger partial charge in [-0.1, -0.05) is 54.6 Å². The van der Waals surface area contributed by atoms with Gasteiger partial charge in [-0.15, -0.1) is 0 Å². The van der Waals surface area contributed by atoms with Crippen LogP contribution in [-0.2, 0) is 0 Å². The van der Waals surface area contributed by atoms with E-state index in [-0.39, 0.29) is 17.2 Å². The molecule has 0 atom stereocenters. The minimum absolute atomic E-state index is 0.112. The van der Waals surface area contributed by atoms with Crippen molar-refractivity contribution >= 4 is 11.5 Å². The fraction of sp³-hybridized carbons (Fsp3) is 0. The van der Waals surface area contributed by atoms with Crippen molar-refractivity contribution in [2.45, 2.75) is 0 Å². The van der Waals surface area contributed by atoms with E-state index >= 15 is 0 Å². The zero-order valence-electron chi connectivity index (χ0n) is 18.2.